The molecule has 1 aliphatic rings. The van der Waals surface area contributed by atoms with E-state index in [1.54, 1.807) is 4.90 Å². The van der Waals surface area contributed by atoms with E-state index in [0.29, 0.717) is 18.9 Å². The number of nitrogens with zero attached hydrogens (tertiary/aromatic N) is 2. The van der Waals surface area contributed by atoms with Crippen molar-refractivity contribution < 1.29 is 9.59 Å². The molecule has 1 aliphatic heterocycles. The highest BCUT2D eigenvalue weighted by Gasteiger charge is 2.36. The third kappa shape index (κ3) is 4.16. The zero-order valence-corrected chi connectivity index (χ0v) is 15.4. The third-order valence-electron chi connectivity index (χ3n) is 4.64. The van der Waals surface area contributed by atoms with Gasteiger partial charge < -0.3 is 9.80 Å². The Balaban J connectivity index is 2.08. The summed E-state index contributed by atoms with van der Waals surface area (Å²) in [5, 5.41) is 0. The Morgan fingerprint density at radius 1 is 1.17 bits per heavy atom. The van der Waals surface area contributed by atoms with Gasteiger partial charge in [0.15, 0.2) is 0 Å². The molecule has 132 valence electrons. The van der Waals surface area contributed by atoms with Crippen molar-refractivity contribution >= 4 is 17.5 Å². The molecular weight excluding hydrogens is 300 g/mol. The number of benzene rings is 1. The lowest BCUT2D eigenvalue weighted by Gasteiger charge is -2.25. The lowest BCUT2D eigenvalue weighted by molar-refractivity contribution is -0.135. The van der Waals surface area contributed by atoms with E-state index >= 15 is 0 Å². The van der Waals surface area contributed by atoms with Crippen LogP contribution < -0.4 is 4.90 Å². The maximum absolute atomic E-state index is 12.7. The first-order valence-corrected chi connectivity index (χ1v) is 9.17. The molecule has 24 heavy (non-hydrogen) atoms. The summed E-state index contributed by atoms with van der Waals surface area (Å²) in [6.07, 6.45) is 2.23. The second-order valence-electron chi connectivity index (χ2n) is 6.98. The maximum atomic E-state index is 12.7. The van der Waals surface area contributed by atoms with Crippen LogP contribution in [-0.2, 0) is 9.59 Å². The van der Waals surface area contributed by atoms with Crippen LogP contribution >= 0.6 is 0 Å². The van der Waals surface area contributed by atoms with Gasteiger partial charge in [-0.05, 0) is 36.5 Å². The largest absolute Gasteiger partial charge is 0.342 e. The van der Waals surface area contributed by atoms with Crippen molar-refractivity contribution in [2.75, 3.05) is 24.5 Å². The molecule has 1 aromatic rings. The van der Waals surface area contributed by atoms with Crippen LogP contribution in [0.25, 0.3) is 0 Å². The van der Waals surface area contributed by atoms with Crippen LogP contribution in [0.1, 0.15) is 58.4 Å². The number of rotatable bonds is 7. The zero-order chi connectivity index (χ0) is 17.7. The molecular formula is C20H30N2O2. The molecule has 0 saturated carbocycles. The van der Waals surface area contributed by atoms with E-state index < -0.39 is 0 Å². The lowest BCUT2D eigenvalue weighted by Crippen LogP contribution is -2.38. The molecule has 0 spiro atoms. The molecule has 2 rings (SSSR count). The smallest absolute Gasteiger partial charge is 0.228 e. The van der Waals surface area contributed by atoms with Crippen molar-refractivity contribution in [2.45, 2.75) is 52.9 Å². The molecule has 0 bridgehead atoms. The summed E-state index contributed by atoms with van der Waals surface area (Å²) in [6.45, 7) is 10.5. The molecule has 0 aromatic heterocycles. The van der Waals surface area contributed by atoms with Crippen LogP contribution in [0.3, 0.4) is 0 Å². The normalized spacial score (nSPS) is 17.6. The summed E-state index contributed by atoms with van der Waals surface area (Å²) in [4.78, 5) is 28.8. The molecule has 0 N–H and O–H groups in total. The van der Waals surface area contributed by atoms with Gasteiger partial charge in [-0.3, -0.25) is 9.59 Å². The SMILES string of the molecule is CCCN(CCC)C(=O)[C@@H]1CC(=O)N(c2ccc(C(C)C)cc2)C1. The van der Waals surface area contributed by atoms with Gasteiger partial charge in [-0.2, -0.15) is 0 Å². The summed E-state index contributed by atoms with van der Waals surface area (Å²) < 4.78 is 0. The minimum Gasteiger partial charge on any atom is -0.342 e. The molecule has 1 aromatic carbocycles. The predicted molar refractivity (Wildman–Crippen MR) is 98.2 cm³/mol. The monoisotopic (exact) mass is 330 g/mol. The average Bonchev–Trinajstić information content (AvgIpc) is 2.96. The summed E-state index contributed by atoms with van der Waals surface area (Å²) in [6, 6.07) is 8.14. The summed E-state index contributed by atoms with van der Waals surface area (Å²) in [7, 11) is 0. The van der Waals surface area contributed by atoms with Gasteiger partial charge in [0.1, 0.15) is 0 Å². The molecule has 0 radical (unpaired) electrons. The van der Waals surface area contributed by atoms with Crippen molar-refractivity contribution in [1.29, 1.82) is 0 Å². The number of carbonyl (C=O) groups is 2. The Bertz CT molecular complexity index is 560. The van der Waals surface area contributed by atoms with Crippen LogP contribution in [0.15, 0.2) is 24.3 Å². The third-order valence-corrected chi connectivity index (χ3v) is 4.64. The molecule has 0 aliphatic carbocycles. The quantitative estimate of drug-likeness (QED) is 0.763. The van der Waals surface area contributed by atoms with Crippen LogP contribution in [0.2, 0.25) is 0 Å². The van der Waals surface area contributed by atoms with Gasteiger partial charge in [0.2, 0.25) is 11.8 Å². The predicted octanol–water partition coefficient (Wildman–Crippen LogP) is 3.81. The van der Waals surface area contributed by atoms with Gasteiger partial charge in [0.25, 0.3) is 0 Å². The highest BCUT2D eigenvalue weighted by molar-refractivity contribution is 6.00. The molecule has 0 unspecified atom stereocenters. The molecule has 1 saturated heterocycles. The van der Waals surface area contributed by atoms with Gasteiger partial charge >= 0.3 is 0 Å². The van der Waals surface area contributed by atoms with E-state index in [4.69, 9.17) is 0 Å². The van der Waals surface area contributed by atoms with E-state index in [1.807, 2.05) is 17.0 Å². The summed E-state index contributed by atoms with van der Waals surface area (Å²) >= 11 is 0. The number of hydrogen-bond donors (Lipinski definition) is 0. The fourth-order valence-corrected chi connectivity index (χ4v) is 3.29. The van der Waals surface area contributed by atoms with Gasteiger partial charge in [0, 0.05) is 31.7 Å². The standard InChI is InChI=1S/C20H30N2O2/c1-5-11-21(12-6-2)20(24)17-13-19(23)22(14-17)18-9-7-16(8-10-18)15(3)4/h7-10,15,17H,5-6,11-14H2,1-4H3/t17-/m1/s1. The maximum Gasteiger partial charge on any atom is 0.228 e. The fourth-order valence-electron chi connectivity index (χ4n) is 3.29. The van der Waals surface area contributed by atoms with Crippen molar-refractivity contribution in [3.63, 3.8) is 0 Å². The summed E-state index contributed by atoms with van der Waals surface area (Å²) in [5.41, 5.74) is 2.16. The average molecular weight is 330 g/mol. The van der Waals surface area contributed by atoms with Gasteiger partial charge in [-0.1, -0.05) is 39.8 Å². The lowest BCUT2D eigenvalue weighted by atomic mass is 10.0. The van der Waals surface area contributed by atoms with Crippen molar-refractivity contribution in [2.24, 2.45) is 5.92 Å². The molecule has 1 fully saturated rings. The van der Waals surface area contributed by atoms with Crippen molar-refractivity contribution in [1.82, 2.24) is 4.90 Å². The molecule has 1 heterocycles. The second kappa shape index (κ2) is 8.32. The molecule has 4 heteroatoms. The molecule has 4 nitrogen and oxygen atoms in total. The number of anilines is 1. The first kappa shape index (κ1) is 18.5. The number of hydrogen-bond acceptors (Lipinski definition) is 2. The Labute approximate surface area is 145 Å². The fraction of sp³-hybridized carbons (Fsp3) is 0.600. The first-order valence-electron chi connectivity index (χ1n) is 9.17. The van der Waals surface area contributed by atoms with E-state index in [1.165, 1.54) is 5.56 Å². The Hall–Kier alpha value is -1.84. The van der Waals surface area contributed by atoms with Crippen LogP contribution in [0.5, 0.6) is 0 Å². The van der Waals surface area contributed by atoms with Gasteiger partial charge in [0.05, 0.1) is 5.92 Å². The number of carbonyl (C=O) groups excluding carboxylic acids is 2. The molecule has 1 atom stereocenters. The Morgan fingerprint density at radius 2 is 1.75 bits per heavy atom. The van der Waals surface area contributed by atoms with E-state index in [0.717, 1.165) is 31.6 Å². The van der Waals surface area contributed by atoms with Gasteiger partial charge in [-0.25, -0.2) is 0 Å². The highest BCUT2D eigenvalue weighted by atomic mass is 16.2. The minimum absolute atomic E-state index is 0.0543. The van der Waals surface area contributed by atoms with Crippen LogP contribution in [-0.4, -0.2) is 36.3 Å². The summed E-state index contributed by atoms with van der Waals surface area (Å²) in [5.74, 6) is 0.451. The van der Waals surface area contributed by atoms with Crippen molar-refractivity contribution in [3.05, 3.63) is 29.8 Å². The molecule has 2 amide bonds. The van der Waals surface area contributed by atoms with Crippen molar-refractivity contribution in [3.8, 4) is 0 Å². The Morgan fingerprint density at radius 3 is 2.25 bits per heavy atom. The van der Waals surface area contributed by atoms with Crippen LogP contribution in [0.4, 0.5) is 5.69 Å². The first-order chi connectivity index (χ1) is 11.5. The van der Waals surface area contributed by atoms with E-state index in [9.17, 15) is 9.59 Å². The minimum atomic E-state index is -0.208. The Kier molecular flexibility index (Phi) is 6.41. The number of amides is 2. The topological polar surface area (TPSA) is 40.6 Å². The van der Waals surface area contributed by atoms with E-state index in [2.05, 4.69) is 39.8 Å². The highest BCUT2D eigenvalue weighted by Crippen LogP contribution is 2.28. The zero-order valence-electron chi connectivity index (χ0n) is 15.4. The van der Waals surface area contributed by atoms with Gasteiger partial charge in [-0.15, -0.1) is 0 Å². The second-order valence-corrected chi connectivity index (χ2v) is 6.98. The van der Waals surface area contributed by atoms with Crippen LogP contribution in [0, 0.1) is 5.92 Å². The van der Waals surface area contributed by atoms with E-state index in [-0.39, 0.29) is 17.7 Å².